The molecular formula is C11H12BrN3S2. The topological polar surface area (TPSA) is 51.8 Å². The fourth-order valence-electron chi connectivity index (χ4n) is 1.40. The van der Waals surface area contributed by atoms with Gasteiger partial charge >= 0.3 is 0 Å². The molecule has 0 spiro atoms. The third kappa shape index (κ3) is 3.51. The molecular weight excluding hydrogens is 318 g/mol. The fourth-order valence-corrected chi connectivity index (χ4v) is 3.72. The molecule has 0 radical (unpaired) electrons. The molecule has 3 nitrogen and oxygen atoms in total. The van der Waals surface area contributed by atoms with E-state index in [0.29, 0.717) is 6.54 Å². The molecule has 6 heteroatoms. The van der Waals surface area contributed by atoms with Crippen LogP contribution in [0.25, 0.3) is 0 Å². The number of nitrogens with two attached hydrogens (primary N) is 1. The summed E-state index contributed by atoms with van der Waals surface area (Å²) in [6.07, 6.45) is 0.882. The van der Waals surface area contributed by atoms with Crippen molar-refractivity contribution in [3.8, 4) is 0 Å². The lowest BCUT2D eigenvalue weighted by atomic mass is 10.1. The first-order chi connectivity index (χ1) is 8.19. The van der Waals surface area contributed by atoms with E-state index in [1.807, 2.05) is 13.0 Å². The van der Waals surface area contributed by atoms with Gasteiger partial charge < -0.3 is 5.73 Å². The van der Waals surface area contributed by atoms with Crippen LogP contribution in [0.5, 0.6) is 0 Å². The second-order valence-electron chi connectivity index (χ2n) is 3.50. The number of benzene rings is 1. The van der Waals surface area contributed by atoms with Gasteiger partial charge in [0.1, 0.15) is 5.82 Å². The molecule has 2 rings (SSSR count). The molecule has 17 heavy (non-hydrogen) atoms. The van der Waals surface area contributed by atoms with Crippen LogP contribution in [-0.4, -0.2) is 15.9 Å². The van der Waals surface area contributed by atoms with Gasteiger partial charge in [-0.1, -0.05) is 33.8 Å². The molecule has 0 aliphatic carbocycles. The van der Waals surface area contributed by atoms with Crippen molar-refractivity contribution < 1.29 is 0 Å². The van der Waals surface area contributed by atoms with E-state index in [-0.39, 0.29) is 0 Å². The lowest BCUT2D eigenvalue weighted by molar-refractivity contribution is 0.943. The Balaban J connectivity index is 2.26. The number of aryl methyl sites for hydroxylation is 1. The molecule has 2 aromatic rings. The molecule has 0 aliphatic rings. The lowest BCUT2D eigenvalue weighted by Gasteiger charge is -2.06. The van der Waals surface area contributed by atoms with E-state index in [2.05, 4.69) is 37.4 Å². The first-order valence-corrected chi connectivity index (χ1v) is 7.54. The van der Waals surface area contributed by atoms with Gasteiger partial charge in [0.25, 0.3) is 0 Å². The van der Waals surface area contributed by atoms with Crippen molar-refractivity contribution >= 4 is 39.2 Å². The van der Waals surface area contributed by atoms with Crippen LogP contribution in [-0.2, 0) is 6.42 Å². The van der Waals surface area contributed by atoms with E-state index >= 15 is 0 Å². The number of rotatable bonds is 4. The standard InChI is InChI=1S/C11H12BrN3S2/c1-7-14-11(17-15-7)16-10-6-9(12)3-2-8(10)4-5-13/h2-3,6H,4-5,13H2,1H3. The van der Waals surface area contributed by atoms with Crippen molar-refractivity contribution in [3.05, 3.63) is 34.1 Å². The molecule has 0 fully saturated rings. The van der Waals surface area contributed by atoms with Gasteiger partial charge in [0.15, 0.2) is 4.34 Å². The van der Waals surface area contributed by atoms with Crippen molar-refractivity contribution in [2.75, 3.05) is 6.54 Å². The van der Waals surface area contributed by atoms with Crippen LogP contribution < -0.4 is 5.73 Å². The molecule has 0 saturated heterocycles. The van der Waals surface area contributed by atoms with Crippen molar-refractivity contribution in [1.82, 2.24) is 9.36 Å². The Hall–Kier alpha value is -0.430. The summed E-state index contributed by atoms with van der Waals surface area (Å²) < 4.78 is 6.23. The summed E-state index contributed by atoms with van der Waals surface area (Å²) in [4.78, 5) is 5.56. The van der Waals surface area contributed by atoms with Gasteiger partial charge in [-0.25, -0.2) is 4.98 Å². The van der Waals surface area contributed by atoms with E-state index in [0.717, 1.165) is 21.1 Å². The van der Waals surface area contributed by atoms with Crippen LogP contribution >= 0.6 is 39.2 Å². The van der Waals surface area contributed by atoms with E-state index in [1.54, 1.807) is 11.8 Å². The van der Waals surface area contributed by atoms with E-state index in [9.17, 15) is 0 Å². The average molecular weight is 330 g/mol. The van der Waals surface area contributed by atoms with Gasteiger partial charge in [-0.2, -0.15) is 4.37 Å². The van der Waals surface area contributed by atoms with Crippen LogP contribution in [0.3, 0.4) is 0 Å². The van der Waals surface area contributed by atoms with Crippen molar-refractivity contribution in [2.45, 2.75) is 22.6 Å². The molecule has 0 amide bonds. The number of nitrogens with zero attached hydrogens (tertiary/aromatic N) is 2. The fraction of sp³-hybridized carbons (Fsp3) is 0.273. The average Bonchev–Trinajstić information content (AvgIpc) is 2.68. The number of hydrogen-bond acceptors (Lipinski definition) is 5. The Labute approximate surface area is 117 Å². The highest BCUT2D eigenvalue weighted by molar-refractivity contribution is 9.10. The highest BCUT2D eigenvalue weighted by Gasteiger charge is 2.08. The molecule has 1 heterocycles. The minimum absolute atomic E-state index is 0.657. The molecule has 1 aromatic heterocycles. The van der Waals surface area contributed by atoms with Crippen LogP contribution in [0.1, 0.15) is 11.4 Å². The molecule has 90 valence electrons. The Bertz CT molecular complexity index is 513. The molecule has 2 N–H and O–H groups in total. The maximum absolute atomic E-state index is 5.62. The summed E-state index contributed by atoms with van der Waals surface area (Å²) >= 11 is 6.57. The zero-order valence-corrected chi connectivity index (χ0v) is 12.5. The predicted molar refractivity (Wildman–Crippen MR) is 75.7 cm³/mol. The molecule has 0 atom stereocenters. The van der Waals surface area contributed by atoms with Gasteiger partial charge in [0.2, 0.25) is 0 Å². The Morgan fingerprint density at radius 1 is 1.47 bits per heavy atom. The summed E-state index contributed by atoms with van der Waals surface area (Å²) in [6, 6.07) is 6.25. The van der Waals surface area contributed by atoms with Crippen LogP contribution in [0.4, 0.5) is 0 Å². The molecule has 0 bridgehead atoms. The number of halogens is 1. The van der Waals surface area contributed by atoms with E-state index in [4.69, 9.17) is 5.73 Å². The highest BCUT2D eigenvalue weighted by Crippen LogP contribution is 2.33. The summed E-state index contributed by atoms with van der Waals surface area (Å²) in [5, 5.41) is 0. The lowest BCUT2D eigenvalue weighted by Crippen LogP contribution is -2.03. The zero-order chi connectivity index (χ0) is 12.3. The van der Waals surface area contributed by atoms with Gasteiger partial charge in [0.05, 0.1) is 0 Å². The normalized spacial score (nSPS) is 10.8. The van der Waals surface area contributed by atoms with Gasteiger partial charge in [-0.3, -0.25) is 0 Å². The summed E-state index contributed by atoms with van der Waals surface area (Å²) in [6.45, 7) is 2.56. The first kappa shape index (κ1) is 13.0. The Morgan fingerprint density at radius 3 is 2.94 bits per heavy atom. The minimum atomic E-state index is 0.657. The molecule has 0 unspecified atom stereocenters. The van der Waals surface area contributed by atoms with Crippen LogP contribution in [0.15, 0.2) is 31.9 Å². The summed E-state index contributed by atoms with van der Waals surface area (Å²) in [7, 11) is 0. The van der Waals surface area contributed by atoms with Crippen molar-refractivity contribution in [3.63, 3.8) is 0 Å². The third-order valence-corrected chi connectivity index (χ3v) is 4.58. The van der Waals surface area contributed by atoms with Crippen molar-refractivity contribution in [2.24, 2.45) is 5.73 Å². The predicted octanol–water partition coefficient (Wildman–Crippen LogP) is 3.26. The Kier molecular flexibility index (Phi) is 4.55. The van der Waals surface area contributed by atoms with Crippen molar-refractivity contribution in [1.29, 1.82) is 0 Å². The Morgan fingerprint density at radius 2 is 2.29 bits per heavy atom. The van der Waals surface area contributed by atoms with Gasteiger partial charge in [-0.15, -0.1) is 0 Å². The quantitative estimate of drug-likeness (QED) is 0.935. The van der Waals surface area contributed by atoms with E-state index < -0.39 is 0 Å². The maximum atomic E-state index is 5.62. The molecule has 0 saturated carbocycles. The SMILES string of the molecule is Cc1nsc(Sc2cc(Br)ccc2CCN)n1. The van der Waals surface area contributed by atoms with Crippen LogP contribution in [0, 0.1) is 6.92 Å². The second kappa shape index (κ2) is 5.95. The van der Waals surface area contributed by atoms with Crippen LogP contribution in [0.2, 0.25) is 0 Å². The highest BCUT2D eigenvalue weighted by atomic mass is 79.9. The van der Waals surface area contributed by atoms with Gasteiger partial charge in [0, 0.05) is 9.37 Å². The summed E-state index contributed by atoms with van der Waals surface area (Å²) in [5.74, 6) is 0.827. The summed E-state index contributed by atoms with van der Waals surface area (Å²) in [5.41, 5.74) is 6.88. The largest absolute Gasteiger partial charge is 0.330 e. The number of hydrogen-bond donors (Lipinski definition) is 1. The maximum Gasteiger partial charge on any atom is 0.174 e. The number of aromatic nitrogens is 2. The van der Waals surface area contributed by atoms with E-state index in [1.165, 1.54) is 22.0 Å². The smallest absolute Gasteiger partial charge is 0.174 e. The molecule has 0 aliphatic heterocycles. The third-order valence-electron chi connectivity index (χ3n) is 2.15. The minimum Gasteiger partial charge on any atom is -0.330 e. The zero-order valence-electron chi connectivity index (χ0n) is 9.31. The second-order valence-corrected chi connectivity index (χ2v) is 6.46. The molecule has 1 aromatic carbocycles. The first-order valence-electron chi connectivity index (χ1n) is 5.15. The van der Waals surface area contributed by atoms with Gasteiger partial charge in [-0.05, 0) is 49.1 Å². The monoisotopic (exact) mass is 329 g/mol.